The molecule has 0 fully saturated rings. The van der Waals surface area contributed by atoms with Gasteiger partial charge in [-0.2, -0.15) is 10.4 Å². The summed E-state index contributed by atoms with van der Waals surface area (Å²) in [4.78, 5) is 0. The fourth-order valence-corrected chi connectivity index (χ4v) is 2.68. The van der Waals surface area contributed by atoms with Crippen molar-refractivity contribution in [1.29, 1.82) is 5.26 Å². The van der Waals surface area contributed by atoms with Gasteiger partial charge in [-0.3, -0.25) is 4.68 Å². The molecule has 1 aliphatic heterocycles. The molecule has 0 unspecified atom stereocenters. The van der Waals surface area contributed by atoms with Gasteiger partial charge in [0.15, 0.2) is 0 Å². The Morgan fingerprint density at radius 2 is 2.37 bits per heavy atom. The fourth-order valence-electron chi connectivity index (χ4n) is 2.49. The number of nitrogens with zero attached hydrogens (tertiary/aromatic N) is 3. The molecule has 1 N–H and O–H groups in total. The van der Waals surface area contributed by atoms with E-state index in [-0.39, 0.29) is 0 Å². The van der Waals surface area contributed by atoms with Gasteiger partial charge in [0.2, 0.25) is 0 Å². The Balaban J connectivity index is 2.14. The van der Waals surface area contributed by atoms with Gasteiger partial charge < -0.3 is 5.32 Å². The van der Waals surface area contributed by atoms with Crippen LogP contribution in [0.2, 0.25) is 5.02 Å². The molecular weight excluding hydrogens is 260 g/mol. The van der Waals surface area contributed by atoms with E-state index < -0.39 is 0 Å². The quantitative estimate of drug-likeness (QED) is 0.913. The smallest absolute Gasteiger partial charge is 0.128 e. The number of aromatic nitrogens is 2. The monoisotopic (exact) mass is 272 g/mol. The highest BCUT2D eigenvalue weighted by atomic mass is 35.5. The Morgan fingerprint density at radius 3 is 3.16 bits per heavy atom. The van der Waals surface area contributed by atoms with E-state index in [2.05, 4.69) is 16.5 Å². The molecule has 0 bridgehead atoms. The minimum absolute atomic E-state index is 0.295. The van der Waals surface area contributed by atoms with Crippen LogP contribution in [0.3, 0.4) is 0 Å². The SMILES string of the molecule is N#CCn1nc(-c2cccc(Cl)c2)c2c1CCNC2. The molecule has 0 spiro atoms. The van der Waals surface area contributed by atoms with Crippen molar-refractivity contribution in [3.05, 3.63) is 40.5 Å². The van der Waals surface area contributed by atoms with Crippen molar-refractivity contribution in [2.45, 2.75) is 19.5 Å². The third-order valence-corrected chi connectivity index (χ3v) is 3.56. The van der Waals surface area contributed by atoms with Crippen molar-refractivity contribution < 1.29 is 0 Å². The van der Waals surface area contributed by atoms with Crippen LogP contribution in [0.25, 0.3) is 11.3 Å². The second-order valence-electron chi connectivity index (χ2n) is 4.53. The molecule has 1 aromatic carbocycles. The number of benzene rings is 1. The molecule has 3 rings (SSSR count). The van der Waals surface area contributed by atoms with Crippen molar-refractivity contribution in [3.63, 3.8) is 0 Å². The number of hydrogen-bond acceptors (Lipinski definition) is 3. The lowest BCUT2D eigenvalue weighted by atomic mass is 10.0. The van der Waals surface area contributed by atoms with Crippen LogP contribution in [-0.4, -0.2) is 16.3 Å². The van der Waals surface area contributed by atoms with E-state index >= 15 is 0 Å². The number of halogens is 1. The Kier molecular flexibility index (Phi) is 3.24. The highest BCUT2D eigenvalue weighted by molar-refractivity contribution is 6.30. The van der Waals surface area contributed by atoms with Gasteiger partial charge >= 0.3 is 0 Å². The molecule has 0 saturated carbocycles. The summed E-state index contributed by atoms with van der Waals surface area (Å²) in [5.41, 5.74) is 4.28. The first-order valence-electron chi connectivity index (χ1n) is 6.22. The van der Waals surface area contributed by atoms with Crippen LogP contribution in [0.15, 0.2) is 24.3 Å². The zero-order valence-electron chi connectivity index (χ0n) is 10.4. The predicted molar refractivity (Wildman–Crippen MR) is 73.7 cm³/mol. The maximum Gasteiger partial charge on any atom is 0.128 e. The number of hydrogen-bond donors (Lipinski definition) is 1. The first-order chi connectivity index (χ1) is 9.29. The summed E-state index contributed by atoms with van der Waals surface area (Å²) >= 11 is 6.04. The Bertz CT molecular complexity index is 654. The zero-order chi connectivity index (χ0) is 13.2. The maximum absolute atomic E-state index is 8.90. The van der Waals surface area contributed by atoms with Crippen LogP contribution in [0.4, 0.5) is 0 Å². The summed E-state index contributed by atoms with van der Waals surface area (Å²) in [5, 5.41) is 17.5. The molecule has 5 heteroatoms. The van der Waals surface area contributed by atoms with Crippen molar-refractivity contribution in [2.75, 3.05) is 6.54 Å². The predicted octanol–water partition coefficient (Wildman–Crippen LogP) is 2.37. The Hall–Kier alpha value is -1.83. The van der Waals surface area contributed by atoms with Crippen LogP contribution in [0.5, 0.6) is 0 Å². The van der Waals surface area contributed by atoms with Crippen molar-refractivity contribution in [3.8, 4) is 17.3 Å². The van der Waals surface area contributed by atoms with E-state index in [1.165, 1.54) is 5.56 Å². The summed E-state index contributed by atoms with van der Waals surface area (Å²) in [6.07, 6.45) is 0.907. The normalized spacial score (nSPS) is 13.9. The van der Waals surface area contributed by atoms with Gasteiger partial charge in [0.1, 0.15) is 6.54 Å². The highest BCUT2D eigenvalue weighted by Crippen LogP contribution is 2.29. The minimum Gasteiger partial charge on any atom is -0.312 e. The number of fused-ring (bicyclic) bond motifs is 1. The Labute approximate surface area is 116 Å². The molecule has 96 valence electrons. The van der Waals surface area contributed by atoms with E-state index in [0.717, 1.165) is 36.5 Å². The zero-order valence-corrected chi connectivity index (χ0v) is 11.1. The topological polar surface area (TPSA) is 53.6 Å². The molecule has 4 nitrogen and oxygen atoms in total. The van der Waals surface area contributed by atoms with Gasteiger partial charge in [0.25, 0.3) is 0 Å². The van der Waals surface area contributed by atoms with Crippen LogP contribution in [0.1, 0.15) is 11.3 Å². The Morgan fingerprint density at radius 1 is 1.47 bits per heavy atom. The summed E-state index contributed by atoms with van der Waals surface area (Å²) < 4.78 is 1.81. The molecular formula is C14H13ClN4. The average Bonchev–Trinajstić information content (AvgIpc) is 2.79. The van der Waals surface area contributed by atoms with Crippen LogP contribution in [0, 0.1) is 11.3 Å². The van der Waals surface area contributed by atoms with Crippen LogP contribution >= 0.6 is 11.6 Å². The molecule has 0 aliphatic carbocycles. The maximum atomic E-state index is 8.90. The lowest BCUT2D eigenvalue weighted by molar-refractivity contribution is 0.590. The molecule has 0 radical (unpaired) electrons. The van der Waals surface area contributed by atoms with Crippen molar-refractivity contribution in [2.24, 2.45) is 0 Å². The van der Waals surface area contributed by atoms with E-state index in [4.69, 9.17) is 16.9 Å². The van der Waals surface area contributed by atoms with E-state index in [0.29, 0.717) is 11.6 Å². The third-order valence-electron chi connectivity index (χ3n) is 3.33. The van der Waals surface area contributed by atoms with E-state index in [1.54, 1.807) is 0 Å². The molecule has 0 atom stereocenters. The first-order valence-corrected chi connectivity index (χ1v) is 6.59. The minimum atomic E-state index is 0.295. The van der Waals surface area contributed by atoms with Crippen molar-refractivity contribution in [1.82, 2.24) is 15.1 Å². The number of nitrogens with one attached hydrogen (secondary N) is 1. The number of nitriles is 1. The summed E-state index contributed by atoms with van der Waals surface area (Å²) in [6.45, 7) is 2.02. The van der Waals surface area contributed by atoms with E-state index in [9.17, 15) is 0 Å². The molecule has 0 saturated heterocycles. The van der Waals surface area contributed by atoms with Crippen LogP contribution in [-0.2, 0) is 19.5 Å². The lowest BCUT2D eigenvalue weighted by Crippen LogP contribution is -2.24. The molecule has 2 heterocycles. The highest BCUT2D eigenvalue weighted by Gasteiger charge is 2.21. The number of rotatable bonds is 2. The van der Waals surface area contributed by atoms with Crippen molar-refractivity contribution >= 4 is 11.6 Å². The summed E-state index contributed by atoms with van der Waals surface area (Å²) in [5.74, 6) is 0. The third kappa shape index (κ3) is 2.23. The largest absolute Gasteiger partial charge is 0.312 e. The van der Waals surface area contributed by atoms with Gasteiger partial charge in [-0.05, 0) is 12.1 Å². The second-order valence-corrected chi connectivity index (χ2v) is 4.96. The van der Waals surface area contributed by atoms with Gasteiger partial charge in [-0.15, -0.1) is 0 Å². The summed E-state index contributed by atoms with van der Waals surface area (Å²) in [6, 6.07) is 9.85. The lowest BCUT2D eigenvalue weighted by Gasteiger charge is -2.14. The molecule has 1 aliphatic rings. The van der Waals surface area contributed by atoms with Crippen LogP contribution < -0.4 is 5.32 Å². The van der Waals surface area contributed by atoms with Gasteiger partial charge in [-0.25, -0.2) is 0 Å². The molecule has 1 aromatic heterocycles. The average molecular weight is 273 g/mol. The fraction of sp³-hybridized carbons (Fsp3) is 0.286. The summed E-state index contributed by atoms with van der Waals surface area (Å²) in [7, 11) is 0. The van der Waals surface area contributed by atoms with Gasteiger partial charge in [0.05, 0.1) is 11.8 Å². The second kappa shape index (κ2) is 5.04. The first kappa shape index (κ1) is 12.2. The molecule has 19 heavy (non-hydrogen) atoms. The standard InChI is InChI=1S/C14H13ClN4/c15-11-3-1-2-10(8-11)14-12-9-17-6-4-13(12)19(18-14)7-5-16/h1-3,8,17H,4,6-7,9H2. The molecule has 2 aromatic rings. The van der Waals surface area contributed by atoms with Gasteiger partial charge in [-0.1, -0.05) is 23.7 Å². The van der Waals surface area contributed by atoms with E-state index in [1.807, 2.05) is 28.9 Å². The molecule has 0 amide bonds. The van der Waals surface area contributed by atoms with Gasteiger partial charge in [0, 0.05) is 41.4 Å².